The number of ether oxygens (including phenoxy) is 1. The third-order valence-electron chi connectivity index (χ3n) is 4.47. The van der Waals surface area contributed by atoms with Gasteiger partial charge in [-0.15, -0.1) is 0 Å². The molecule has 1 atom stereocenters. The minimum absolute atomic E-state index is 0.0106. The van der Waals surface area contributed by atoms with Gasteiger partial charge in [-0.3, -0.25) is 4.79 Å². The molecule has 2 aromatic carbocycles. The zero-order chi connectivity index (χ0) is 18.7. The minimum atomic E-state index is -3.11. The molecule has 26 heavy (non-hydrogen) atoms. The lowest BCUT2D eigenvalue weighted by Gasteiger charge is -2.28. The van der Waals surface area contributed by atoms with Crippen LogP contribution in [0.2, 0.25) is 5.02 Å². The average Bonchev–Trinajstić information content (AvgIpc) is 2.99. The maximum atomic E-state index is 13.1. The standard InChI is InChI=1S/C19H20ClNO4S/c1-25-18-7-2-4-14(10-18)12-21(17-8-9-26(23,24)13-17)19(22)15-5-3-6-16(20)11-15/h2-7,10-11,17H,8-9,12-13H2,1H3/t17-/m0/s1. The predicted molar refractivity (Wildman–Crippen MR) is 101 cm³/mol. The molecule has 1 saturated heterocycles. The molecule has 0 N–H and O–H groups in total. The van der Waals surface area contributed by atoms with Gasteiger partial charge in [0.15, 0.2) is 9.84 Å². The van der Waals surface area contributed by atoms with Crippen LogP contribution in [0, 0.1) is 0 Å². The Hall–Kier alpha value is -2.05. The maximum absolute atomic E-state index is 13.1. The van der Waals surface area contributed by atoms with Gasteiger partial charge in [0, 0.05) is 23.2 Å². The largest absolute Gasteiger partial charge is 0.497 e. The van der Waals surface area contributed by atoms with Crippen molar-refractivity contribution in [2.24, 2.45) is 0 Å². The fourth-order valence-electron chi connectivity index (χ4n) is 3.14. The van der Waals surface area contributed by atoms with E-state index in [1.54, 1.807) is 36.3 Å². The van der Waals surface area contributed by atoms with Crippen molar-refractivity contribution < 1.29 is 17.9 Å². The van der Waals surface area contributed by atoms with Crippen LogP contribution in [-0.2, 0) is 16.4 Å². The molecule has 0 spiro atoms. The minimum Gasteiger partial charge on any atom is -0.497 e. The fraction of sp³-hybridized carbons (Fsp3) is 0.316. The molecule has 5 nitrogen and oxygen atoms in total. The third-order valence-corrected chi connectivity index (χ3v) is 6.45. The molecule has 138 valence electrons. The van der Waals surface area contributed by atoms with Crippen molar-refractivity contribution in [3.05, 3.63) is 64.7 Å². The summed E-state index contributed by atoms with van der Waals surface area (Å²) in [6.07, 6.45) is 0.443. The van der Waals surface area contributed by atoms with Crippen LogP contribution in [0.3, 0.4) is 0 Å². The van der Waals surface area contributed by atoms with Gasteiger partial charge in [-0.1, -0.05) is 29.8 Å². The van der Waals surface area contributed by atoms with Gasteiger partial charge in [-0.25, -0.2) is 8.42 Å². The van der Waals surface area contributed by atoms with Crippen molar-refractivity contribution in [2.75, 3.05) is 18.6 Å². The number of hydrogen-bond donors (Lipinski definition) is 0. The Labute approximate surface area is 158 Å². The van der Waals surface area contributed by atoms with Crippen LogP contribution in [0.15, 0.2) is 48.5 Å². The number of rotatable bonds is 5. The lowest BCUT2D eigenvalue weighted by Crippen LogP contribution is -2.40. The lowest BCUT2D eigenvalue weighted by atomic mass is 10.1. The highest BCUT2D eigenvalue weighted by atomic mass is 35.5. The molecule has 0 bridgehead atoms. The highest BCUT2D eigenvalue weighted by Crippen LogP contribution is 2.24. The van der Waals surface area contributed by atoms with Crippen LogP contribution in [0.4, 0.5) is 0 Å². The van der Waals surface area contributed by atoms with Crippen LogP contribution in [0.25, 0.3) is 0 Å². The van der Waals surface area contributed by atoms with E-state index < -0.39 is 9.84 Å². The number of nitrogens with zero attached hydrogens (tertiary/aromatic N) is 1. The SMILES string of the molecule is COc1cccc(CN(C(=O)c2cccc(Cl)c2)[C@H]2CCS(=O)(=O)C2)c1. The Morgan fingerprint density at radius 2 is 2.00 bits per heavy atom. The summed E-state index contributed by atoms with van der Waals surface area (Å²) < 4.78 is 29.1. The van der Waals surface area contributed by atoms with E-state index in [1.807, 2.05) is 24.3 Å². The number of hydrogen-bond acceptors (Lipinski definition) is 4. The van der Waals surface area contributed by atoms with Crippen molar-refractivity contribution in [2.45, 2.75) is 19.0 Å². The van der Waals surface area contributed by atoms with Gasteiger partial charge in [0.2, 0.25) is 0 Å². The first-order chi connectivity index (χ1) is 12.4. The number of methoxy groups -OCH3 is 1. The van der Waals surface area contributed by atoms with E-state index in [2.05, 4.69) is 0 Å². The van der Waals surface area contributed by atoms with E-state index >= 15 is 0 Å². The molecule has 0 radical (unpaired) electrons. The molecule has 1 heterocycles. The number of carbonyl (C=O) groups excluding carboxylic acids is 1. The Morgan fingerprint density at radius 3 is 2.65 bits per heavy atom. The normalized spacial score (nSPS) is 18.5. The van der Waals surface area contributed by atoms with Crippen LogP contribution < -0.4 is 4.74 Å². The van der Waals surface area contributed by atoms with Gasteiger partial charge >= 0.3 is 0 Å². The van der Waals surface area contributed by atoms with Crippen molar-refractivity contribution in [1.29, 1.82) is 0 Å². The molecule has 0 unspecified atom stereocenters. The topological polar surface area (TPSA) is 63.7 Å². The number of benzene rings is 2. The molecule has 1 aliphatic heterocycles. The molecule has 1 fully saturated rings. The Kier molecular flexibility index (Phi) is 5.53. The lowest BCUT2D eigenvalue weighted by molar-refractivity contribution is 0.0681. The highest BCUT2D eigenvalue weighted by molar-refractivity contribution is 7.91. The summed E-state index contributed by atoms with van der Waals surface area (Å²) in [5.74, 6) is 0.562. The van der Waals surface area contributed by atoms with Gasteiger partial charge in [0.25, 0.3) is 5.91 Å². The van der Waals surface area contributed by atoms with Crippen LogP contribution in [-0.4, -0.2) is 43.9 Å². The molecule has 7 heteroatoms. The van der Waals surface area contributed by atoms with E-state index in [-0.39, 0.29) is 23.5 Å². The third kappa shape index (κ3) is 4.37. The van der Waals surface area contributed by atoms with E-state index in [4.69, 9.17) is 16.3 Å². The van der Waals surface area contributed by atoms with Crippen LogP contribution in [0.1, 0.15) is 22.3 Å². The zero-order valence-electron chi connectivity index (χ0n) is 14.4. The average molecular weight is 394 g/mol. The van der Waals surface area contributed by atoms with Crippen molar-refractivity contribution >= 4 is 27.3 Å². The van der Waals surface area contributed by atoms with Crippen molar-refractivity contribution in [1.82, 2.24) is 4.90 Å². The monoisotopic (exact) mass is 393 g/mol. The molecule has 0 saturated carbocycles. The second-order valence-corrected chi connectivity index (χ2v) is 9.02. The summed E-state index contributed by atoms with van der Waals surface area (Å²) >= 11 is 6.02. The highest BCUT2D eigenvalue weighted by Gasteiger charge is 2.35. The van der Waals surface area contributed by atoms with Gasteiger partial charge in [-0.2, -0.15) is 0 Å². The summed E-state index contributed by atoms with van der Waals surface area (Å²) in [5, 5.41) is 0.469. The first kappa shape index (κ1) is 18.7. The van der Waals surface area contributed by atoms with Gasteiger partial charge in [0.05, 0.1) is 18.6 Å². The van der Waals surface area contributed by atoms with Crippen molar-refractivity contribution in [3.8, 4) is 5.75 Å². The molecule has 1 amide bonds. The van der Waals surface area contributed by atoms with E-state index in [0.717, 1.165) is 5.56 Å². The first-order valence-electron chi connectivity index (χ1n) is 8.28. The molecular formula is C19H20ClNO4S. The number of halogens is 1. The second-order valence-electron chi connectivity index (χ2n) is 6.35. The molecule has 2 aromatic rings. The molecular weight excluding hydrogens is 374 g/mol. The molecule has 3 rings (SSSR count). The first-order valence-corrected chi connectivity index (χ1v) is 10.5. The van der Waals surface area contributed by atoms with Gasteiger partial charge in [0.1, 0.15) is 5.75 Å². The molecule has 0 aliphatic carbocycles. The van der Waals surface area contributed by atoms with E-state index in [1.165, 1.54) is 0 Å². The maximum Gasteiger partial charge on any atom is 0.254 e. The molecule has 1 aliphatic rings. The van der Waals surface area contributed by atoms with Crippen LogP contribution in [0.5, 0.6) is 5.75 Å². The zero-order valence-corrected chi connectivity index (χ0v) is 16.0. The number of amides is 1. The van der Waals surface area contributed by atoms with E-state index in [0.29, 0.717) is 29.3 Å². The summed E-state index contributed by atoms with van der Waals surface area (Å²) in [7, 11) is -1.53. The Morgan fingerprint density at radius 1 is 1.23 bits per heavy atom. The van der Waals surface area contributed by atoms with Crippen molar-refractivity contribution in [3.63, 3.8) is 0 Å². The number of sulfone groups is 1. The smallest absolute Gasteiger partial charge is 0.254 e. The Balaban J connectivity index is 1.92. The summed E-state index contributed by atoms with van der Waals surface area (Å²) in [6, 6.07) is 13.8. The van der Waals surface area contributed by atoms with Crippen LogP contribution >= 0.6 is 11.6 Å². The summed E-state index contributed by atoms with van der Waals surface area (Å²) in [4.78, 5) is 14.7. The summed E-state index contributed by atoms with van der Waals surface area (Å²) in [6.45, 7) is 0.308. The van der Waals surface area contributed by atoms with Gasteiger partial charge < -0.3 is 9.64 Å². The predicted octanol–water partition coefficient (Wildman–Crippen LogP) is 3.18. The molecule has 0 aromatic heterocycles. The Bertz CT molecular complexity index is 913. The fourth-order valence-corrected chi connectivity index (χ4v) is 5.06. The summed E-state index contributed by atoms with van der Waals surface area (Å²) in [5.41, 5.74) is 1.33. The van der Waals surface area contributed by atoms with Gasteiger partial charge in [-0.05, 0) is 42.3 Å². The number of carbonyl (C=O) groups is 1. The second kappa shape index (κ2) is 7.68. The van der Waals surface area contributed by atoms with E-state index in [9.17, 15) is 13.2 Å². The quantitative estimate of drug-likeness (QED) is 0.782.